The van der Waals surface area contributed by atoms with Crippen molar-refractivity contribution in [3.05, 3.63) is 73.9 Å². The summed E-state index contributed by atoms with van der Waals surface area (Å²) in [5.41, 5.74) is 2.90. The standard InChI is InChI=1S/C16H13ClN2OS/c1-11-6-7-19(16(20)8-11)9-15-18-14(10-21-15)12-2-4-13(17)5-3-12/h2-8,10H,9H2,1H3. The highest BCUT2D eigenvalue weighted by Gasteiger charge is 2.06. The molecular weight excluding hydrogens is 304 g/mol. The van der Waals surface area contributed by atoms with Gasteiger partial charge in [-0.3, -0.25) is 4.79 Å². The number of hydrogen-bond donors (Lipinski definition) is 0. The third-order valence-electron chi connectivity index (χ3n) is 3.15. The topological polar surface area (TPSA) is 34.9 Å². The molecule has 0 bridgehead atoms. The first-order chi connectivity index (χ1) is 10.1. The molecule has 0 saturated carbocycles. The third-order valence-corrected chi connectivity index (χ3v) is 4.23. The second-order valence-electron chi connectivity index (χ2n) is 4.80. The molecule has 1 aromatic carbocycles. The summed E-state index contributed by atoms with van der Waals surface area (Å²) >= 11 is 7.44. The molecule has 3 nitrogen and oxygen atoms in total. The van der Waals surface area contributed by atoms with Gasteiger partial charge in [-0.1, -0.05) is 23.7 Å². The molecule has 3 rings (SSSR count). The average Bonchev–Trinajstić information content (AvgIpc) is 2.91. The minimum Gasteiger partial charge on any atom is -0.309 e. The maximum atomic E-state index is 11.9. The quantitative estimate of drug-likeness (QED) is 0.732. The molecule has 0 amide bonds. The number of thiazole rings is 1. The molecule has 0 aliphatic carbocycles. The van der Waals surface area contributed by atoms with Crippen molar-refractivity contribution in [3.8, 4) is 11.3 Å². The van der Waals surface area contributed by atoms with Gasteiger partial charge in [0, 0.05) is 28.2 Å². The van der Waals surface area contributed by atoms with Crippen LogP contribution in [0.2, 0.25) is 5.02 Å². The lowest BCUT2D eigenvalue weighted by Gasteiger charge is -2.02. The van der Waals surface area contributed by atoms with Gasteiger partial charge in [0.2, 0.25) is 0 Å². The second-order valence-corrected chi connectivity index (χ2v) is 6.18. The van der Waals surface area contributed by atoms with Crippen LogP contribution in [-0.2, 0) is 6.54 Å². The Bertz CT molecular complexity index is 821. The van der Waals surface area contributed by atoms with Crippen LogP contribution in [0.3, 0.4) is 0 Å². The van der Waals surface area contributed by atoms with E-state index in [2.05, 4.69) is 4.98 Å². The van der Waals surface area contributed by atoms with E-state index in [0.29, 0.717) is 11.6 Å². The molecule has 5 heteroatoms. The fourth-order valence-electron chi connectivity index (χ4n) is 2.02. The van der Waals surface area contributed by atoms with E-state index in [1.54, 1.807) is 28.2 Å². The predicted molar refractivity (Wildman–Crippen MR) is 87.1 cm³/mol. The van der Waals surface area contributed by atoms with Gasteiger partial charge in [-0.15, -0.1) is 11.3 Å². The van der Waals surface area contributed by atoms with Crippen molar-refractivity contribution in [2.45, 2.75) is 13.5 Å². The van der Waals surface area contributed by atoms with Crippen LogP contribution >= 0.6 is 22.9 Å². The van der Waals surface area contributed by atoms with Gasteiger partial charge < -0.3 is 4.57 Å². The Labute approximate surface area is 131 Å². The van der Waals surface area contributed by atoms with Crippen LogP contribution in [0, 0.1) is 6.92 Å². The fraction of sp³-hybridized carbons (Fsp3) is 0.125. The van der Waals surface area contributed by atoms with Crippen LogP contribution in [0.5, 0.6) is 0 Å². The smallest absolute Gasteiger partial charge is 0.251 e. The number of hydrogen-bond acceptors (Lipinski definition) is 3. The highest BCUT2D eigenvalue weighted by atomic mass is 35.5. The molecule has 0 saturated heterocycles. The molecule has 0 unspecified atom stereocenters. The SMILES string of the molecule is Cc1ccn(Cc2nc(-c3ccc(Cl)cc3)cs2)c(=O)c1. The predicted octanol–water partition coefficient (Wildman–Crippen LogP) is 3.98. The van der Waals surface area contributed by atoms with E-state index >= 15 is 0 Å². The Morgan fingerprint density at radius 3 is 2.71 bits per heavy atom. The molecule has 0 aliphatic rings. The van der Waals surface area contributed by atoms with Gasteiger partial charge in [0.1, 0.15) is 5.01 Å². The van der Waals surface area contributed by atoms with Gasteiger partial charge in [0.05, 0.1) is 12.2 Å². The van der Waals surface area contributed by atoms with Crippen molar-refractivity contribution in [2.24, 2.45) is 0 Å². The molecule has 106 valence electrons. The molecule has 0 N–H and O–H groups in total. The van der Waals surface area contributed by atoms with Gasteiger partial charge >= 0.3 is 0 Å². The van der Waals surface area contributed by atoms with E-state index in [4.69, 9.17) is 11.6 Å². The van der Waals surface area contributed by atoms with Gasteiger partial charge in [-0.2, -0.15) is 0 Å². The van der Waals surface area contributed by atoms with Gasteiger partial charge in [0.15, 0.2) is 0 Å². The molecule has 0 aliphatic heterocycles. The second kappa shape index (κ2) is 5.84. The normalized spacial score (nSPS) is 10.8. The molecule has 3 aromatic rings. The summed E-state index contributed by atoms with van der Waals surface area (Å²) in [4.78, 5) is 16.5. The average molecular weight is 317 g/mol. The van der Waals surface area contributed by atoms with E-state index < -0.39 is 0 Å². The van der Waals surface area contributed by atoms with Crippen molar-refractivity contribution in [2.75, 3.05) is 0 Å². The molecule has 21 heavy (non-hydrogen) atoms. The largest absolute Gasteiger partial charge is 0.309 e. The summed E-state index contributed by atoms with van der Waals surface area (Å²) in [5, 5.41) is 3.61. The summed E-state index contributed by atoms with van der Waals surface area (Å²) in [6.45, 7) is 2.41. The van der Waals surface area contributed by atoms with Crippen molar-refractivity contribution < 1.29 is 0 Å². The van der Waals surface area contributed by atoms with Crippen LogP contribution in [-0.4, -0.2) is 9.55 Å². The van der Waals surface area contributed by atoms with E-state index in [0.717, 1.165) is 21.8 Å². The maximum absolute atomic E-state index is 11.9. The number of rotatable bonds is 3. The number of benzene rings is 1. The van der Waals surface area contributed by atoms with E-state index in [1.807, 2.05) is 42.6 Å². The number of aromatic nitrogens is 2. The van der Waals surface area contributed by atoms with E-state index in [-0.39, 0.29) is 5.56 Å². The van der Waals surface area contributed by atoms with Crippen molar-refractivity contribution >= 4 is 22.9 Å². The molecule has 0 fully saturated rings. The number of nitrogens with zero attached hydrogens (tertiary/aromatic N) is 2. The van der Waals surface area contributed by atoms with Crippen LogP contribution in [0.25, 0.3) is 11.3 Å². The van der Waals surface area contributed by atoms with Crippen molar-refractivity contribution in [1.29, 1.82) is 0 Å². The Hall–Kier alpha value is -1.91. The fourth-order valence-corrected chi connectivity index (χ4v) is 2.95. The van der Waals surface area contributed by atoms with Crippen molar-refractivity contribution in [1.82, 2.24) is 9.55 Å². The Kier molecular flexibility index (Phi) is 3.90. The zero-order valence-corrected chi connectivity index (χ0v) is 13.0. The van der Waals surface area contributed by atoms with Crippen LogP contribution in [0.15, 0.2) is 52.8 Å². The first-order valence-electron chi connectivity index (χ1n) is 6.49. The first-order valence-corrected chi connectivity index (χ1v) is 7.75. The third kappa shape index (κ3) is 3.23. The lowest BCUT2D eigenvalue weighted by atomic mass is 10.2. The lowest BCUT2D eigenvalue weighted by Crippen LogP contribution is -2.19. The summed E-state index contributed by atoms with van der Waals surface area (Å²) in [5.74, 6) is 0. The minimum absolute atomic E-state index is 0.00163. The Morgan fingerprint density at radius 1 is 1.24 bits per heavy atom. The molecule has 0 atom stereocenters. The van der Waals surface area contributed by atoms with E-state index in [9.17, 15) is 4.79 Å². The number of halogens is 1. The number of pyridine rings is 1. The molecule has 0 spiro atoms. The summed E-state index contributed by atoms with van der Waals surface area (Å²) in [7, 11) is 0. The Morgan fingerprint density at radius 2 is 2.00 bits per heavy atom. The summed E-state index contributed by atoms with van der Waals surface area (Å²) in [6.07, 6.45) is 1.81. The highest BCUT2D eigenvalue weighted by molar-refractivity contribution is 7.09. The zero-order chi connectivity index (χ0) is 14.8. The zero-order valence-electron chi connectivity index (χ0n) is 11.4. The minimum atomic E-state index is -0.00163. The van der Waals surface area contributed by atoms with Crippen LogP contribution < -0.4 is 5.56 Å². The van der Waals surface area contributed by atoms with Crippen molar-refractivity contribution in [3.63, 3.8) is 0 Å². The summed E-state index contributed by atoms with van der Waals surface area (Å²) < 4.78 is 1.66. The molecule has 0 radical (unpaired) electrons. The Balaban J connectivity index is 1.85. The maximum Gasteiger partial charge on any atom is 0.251 e. The van der Waals surface area contributed by atoms with Gasteiger partial charge in [-0.05, 0) is 30.7 Å². The van der Waals surface area contributed by atoms with Crippen LogP contribution in [0.4, 0.5) is 0 Å². The van der Waals surface area contributed by atoms with Gasteiger partial charge in [-0.25, -0.2) is 4.98 Å². The number of aryl methyl sites for hydroxylation is 1. The lowest BCUT2D eigenvalue weighted by molar-refractivity contribution is 0.752. The van der Waals surface area contributed by atoms with Gasteiger partial charge in [0.25, 0.3) is 5.56 Å². The van der Waals surface area contributed by atoms with Crippen LogP contribution in [0.1, 0.15) is 10.6 Å². The van der Waals surface area contributed by atoms with E-state index in [1.165, 1.54) is 0 Å². The summed E-state index contributed by atoms with van der Waals surface area (Å²) in [6, 6.07) is 11.1. The molecule has 2 heterocycles. The highest BCUT2D eigenvalue weighted by Crippen LogP contribution is 2.23. The monoisotopic (exact) mass is 316 g/mol. The molecular formula is C16H13ClN2OS. The first kappa shape index (κ1) is 14.0. The molecule has 2 aromatic heterocycles.